The minimum absolute atomic E-state index is 0.130. The average Bonchev–Trinajstić information content (AvgIpc) is 3.02. The van der Waals surface area contributed by atoms with Gasteiger partial charge in [0, 0.05) is 25.2 Å². The van der Waals surface area contributed by atoms with E-state index in [-0.39, 0.29) is 6.03 Å². The maximum absolute atomic E-state index is 12.5. The van der Waals surface area contributed by atoms with Crippen LogP contribution in [0, 0.1) is 0 Å². The predicted molar refractivity (Wildman–Crippen MR) is 94.3 cm³/mol. The lowest BCUT2D eigenvalue weighted by atomic mass is 10.0. The molecule has 130 valence electrons. The molecule has 1 heterocycles. The van der Waals surface area contributed by atoms with E-state index < -0.39 is 0 Å². The Morgan fingerprint density at radius 1 is 1.18 bits per heavy atom. The van der Waals surface area contributed by atoms with Gasteiger partial charge in [-0.1, -0.05) is 46.0 Å². The minimum Gasteiger partial charge on any atom is -0.335 e. The van der Waals surface area contributed by atoms with Crippen LogP contribution in [0.25, 0.3) is 0 Å². The van der Waals surface area contributed by atoms with Crippen molar-refractivity contribution >= 4 is 6.03 Å². The number of carbonyl (C=O) groups excluding carboxylic acids is 1. The van der Waals surface area contributed by atoms with Gasteiger partial charge in [-0.05, 0) is 39.2 Å². The van der Waals surface area contributed by atoms with Gasteiger partial charge in [0.1, 0.15) is 0 Å². The number of nitrogens with zero attached hydrogens (tertiary/aromatic N) is 1. The first kappa shape index (κ1) is 19.3. The number of unbranched alkanes of at least 4 members (excludes halogenated alkanes) is 3. The first-order valence-corrected chi connectivity index (χ1v) is 9.50. The van der Waals surface area contributed by atoms with Gasteiger partial charge in [-0.25, -0.2) is 4.79 Å². The lowest BCUT2D eigenvalue weighted by molar-refractivity contribution is 0.189. The van der Waals surface area contributed by atoms with Gasteiger partial charge in [-0.3, -0.25) is 0 Å². The summed E-state index contributed by atoms with van der Waals surface area (Å²) in [6.45, 7) is 9.24. The van der Waals surface area contributed by atoms with Gasteiger partial charge in [-0.2, -0.15) is 0 Å². The number of rotatable bonds is 11. The van der Waals surface area contributed by atoms with Crippen LogP contribution in [-0.2, 0) is 0 Å². The Labute approximate surface area is 137 Å². The summed E-state index contributed by atoms with van der Waals surface area (Å²) in [6, 6.07) is 0.963. The van der Waals surface area contributed by atoms with Gasteiger partial charge >= 0.3 is 6.03 Å². The highest BCUT2D eigenvalue weighted by molar-refractivity contribution is 5.74. The van der Waals surface area contributed by atoms with Crippen molar-refractivity contribution in [2.75, 3.05) is 19.6 Å². The smallest absolute Gasteiger partial charge is 0.317 e. The Morgan fingerprint density at radius 2 is 2.00 bits per heavy atom. The molecule has 0 saturated carbocycles. The molecule has 1 saturated heterocycles. The van der Waals surface area contributed by atoms with Crippen LogP contribution in [0.2, 0.25) is 0 Å². The van der Waals surface area contributed by atoms with Crippen molar-refractivity contribution < 1.29 is 4.79 Å². The Hall–Kier alpha value is -0.770. The van der Waals surface area contributed by atoms with Crippen molar-refractivity contribution in [1.29, 1.82) is 0 Å². The SMILES string of the molecule is CCCCCCC(CCC)NC(=O)N(CC)C[C@H]1CCCN1. The van der Waals surface area contributed by atoms with Crippen LogP contribution in [0.5, 0.6) is 0 Å². The fourth-order valence-electron chi connectivity index (χ4n) is 3.25. The van der Waals surface area contributed by atoms with E-state index in [0.717, 1.165) is 38.9 Å². The van der Waals surface area contributed by atoms with Crippen molar-refractivity contribution in [3.63, 3.8) is 0 Å². The topological polar surface area (TPSA) is 44.4 Å². The summed E-state index contributed by atoms with van der Waals surface area (Å²) in [5.41, 5.74) is 0. The molecule has 2 atom stereocenters. The molecule has 22 heavy (non-hydrogen) atoms. The molecule has 1 unspecified atom stereocenters. The van der Waals surface area contributed by atoms with Crippen LogP contribution >= 0.6 is 0 Å². The van der Waals surface area contributed by atoms with E-state index >= 15 is 0 Å². The molecule has 1 rings (SSSR count). The van der Waals surface area contributed by atoms with Gasteiger partial charge in [-0.15, -0.1) is 0 Å². The minimum atomic E-state index is 0.130. The maximum Gasteiger partial charge on any atom is 0.317 e. The molecule has 0 aromatic carbocycles. The molecule has 1 fully saturated rings. The van der Waals surface area contributed by atoms with Crippen LogP contribution in [0.1, 0.15) is 78.6 Å². The van der Waals surface area contributed by atoms with Gasteiger partial charge in [0.05, 0.1) is 0 Å². The van der Waals surface area contributed by atoms with Crippen molar-refractivity contribution in [2.24, 2.45) is 0 Å². The second-order valence-electron chi connectivity index (χ2n) is 6.62. The third-order valence-corrected chi connectivity index (χ3v) is 4.64. The zero-order valence-corrected chi connectivity index (χ0v) is 15.0. The molecule has 0 aromatic heterocycles. The summed E-state index contributed by atoms with van der Waals surface area (Å²) >= 11 is 0. The zero-order valence-electron chi connectivity index (χ0n) is 15.0. The quantitative estimate of drug-likeness (QED) is 0.568. The second kappa shape index (κ2) is 11.8. The summed E-state index contributed by atoms with van der Waals surface area (Å²) in [7, 11) is 0. The van der Waals surface area contributed by atoms with Gasteiger partial charge in [0.15, 0.2) is 0 Å². The number of hydrogen-bond donors (Lipinski definition) is 2. The lowest BCUT2D eigenvalue weighted by Gasteiger charge is -2.27. The van der Waals surface area contributed by atoms with E-state index in [0.29, 0.717) is 12.1 Å². The van der Waals surface area contributed by atoms with Crippen LogP contribution in [0.4, 0.5) is 4.79 Å². The van der Waals surface area contributed by atoms with E-state index in [9.17, 15) is 4.79 Å². The van der Waals surface area contributed by atoms with Crippen LogP contribution in [0.15, 0.2) is 0 Å². The van der Waals surface area contributed by atoms with E-state index in [1.165, 1.54) is 38.5 Å². The largest absolute Gasteiger partial charge is 0.335 e. The second-order valence-corrected chi connectivity index (χ2v) is 6.62. The molecule has 4 nitrogen and oxygen atoms in total. The molecule has 0 radical (unpaired) electrons. The lowest BCUT2D eigenvalue weighted by Crippen LogP contribution is -2.48. The van der Waals surface area contributed by atoms with Crippen molar-refractivity contribution in [3.8, 4) is 0 Å². The Kier molecular flexibility index (Phi) is 10.3. The molecular weight excluding hydrogens is 274 g/mol. The van der Waals surface area contributed by atoms with E-state index in [1.54, 1.807) is 0 Å². The molecule has 0 aromatic rings. The highest BCUT2D eigenvalue weighted by Crippen LogP contribution is 2.11. The first-order valence-electron chi connectivity index (χ1n) is 9.50. The number of amides is 2. The summed E-state index contributed by atoms with van der Waals surface area (Å²) in [5, 5.41) is 6.76. The van der Waals surface area contributed by atoms with Crippen LogP contribution in [0.3, 0.4) is 0 Å². The van der Waals surface area contributed by atoms with E-state index in [1.807, 2.05) is 4.90 Å². The number of carbonyl (C=O) groups is 1. The van der Waals surface area contributed by atoms with Crippen molar-refractivity contribution in [3.05, 3.63) is 0 Å². The zero-order chi connectivity index (χ0) is 16.2. The third kappa shape index (κ3) is 7.48. The standard InChI is InChI=1S/C18H37N3O/c1-4-7-8-9-12-16(11-5-2)20-18(22)21(6-3)15-17-13-10-14-19-17/h16-17,19H,4-15H2,1-3H3,(H,20,22)/t16?,17-/m1/s1. The maximum atomic E-state index is 12.5. The molecule has 4 heteroatoms. The molecule has 2 amide bonds. The Balaban J connectivity index is 2.37. The highest BCUT2D eigenvalue weighted by Gasteiger charge is 2.21. The Morgan fingerprint density at radius 3 is 2.59 bits per heavy atom. The third-order valence-electron chi connectivity index (χ3n) is 4.64. The van der Waals surface area contributed by atoms with Gasteiger partial charge in [0.2, 0.25) is 0 Å². The normalized spacial score (nSPS) is 19.1. The summed E-state index contributed by atoms with van der Waals surface area (Å²) in [5.74, 6) is 0. The number of urea groups is 1. The molecule has 0 aliphatic carbocycles. The number of likely N-dealkylation sites (N-methyl/N-ethyl adjacent to an activating group) is 1. The predicted octanol–water partition coefficient (Wildman–Crippen LogP) is 3.91. The van der Waals surface area contributed by atoms with E-state index in [4.69, 9.17) is 0 Å². The molecule has 1 aliphatic rings. The summed E-state index contributed by atoms with van der Waals surface area (Å²) in [4.78, 5) is 14.5. The fraction of sp³-hybridized carbons (Fsp3) is 0.944. The average molecular weight is 312 g/mol. The monoisotopic (exact) mass is 311 g/mol. The Bertz CT molecular complexity index is 290. The highest BCUT2D eigenvalue weighted by atomic mass is 16.2. The van der Waals surface area contributed by atoms with Crippen LogP contribution in [-0.4, -0.2) is 42.6 Å². The molecule has 0 spiro atoms. The van der Waals surface area contributed by atoms with Gasteiger partial charge < -0.3 is 15.5 Å². The molecular formula is C18H37N3O. The summed E-state index contributed by atoms with van der Waals surface area (Å²) in [6.07, 6.45) is 10.9. The van der Waals surface area contributed by atoms with E-state index in [2.05, 4.69) is 31.4 Å². The molecule has 0 bridgehead atoms. The van der Waals surface area contributed by atoms with Crippen molar-refractivity contribution in [2.45, 2.75) is 90.6 Å². The van der Waals surface area contributed by atoms with Gasteiger partial charge in [0.25, 0.3) is 0 Å². The van der Waals surface area contributed by atoms with Crippen LogP contribution < -0.4 is 10.6 Å². The summed E-state index contributed by atoms with van der Waals surface area (Å²) < 4.78 is 0. The first-order chi connectivity index (χ1) is 10.7. The fourth-order valence-corrected chi connectivity index (χ4v) is 3.25. The number of hydrogen-bond acceptors (Lipinski definition) is 2. The molecule has 1 aliphatic heterocycles. The van der Waals surface area contributed by atoms with Crippen molar-refractivity contribution in [1.82, 2.24) is 15.5 Å². The number of nitrogens with one attached hydrogen (secondary N) is 2. The molecule has 2 N–H and O–H groups in total.